The summed E-state index contributed by atoms with van der Waals surface area (Å²) in [5.41, 5.74) is 2.88. The van der Waals surface area contributed by atoms with Gasteiger partial charge in [-0.25, -0.2) is 4.39 Å². The van der Waals surface area contributed by atoms with Gasteiger partial charge in [-0.2, -0.15) is 0 Å². The van der Waals surface area contributed by atoms with E-state index in [-0.39, 0.29) is 17.6 Å². The second-order valence-electron chi connectivity index (χ2n) is 8.86. The Bertz CT molecular complexity index is 1010. The summed E-state index contributed by atoms with van der Waals surface area (Å²) in [5, 5.41) is 4.18. The molecule has 1 amide bonds. The Morgan fingerprint density at radius 3 is 2.94 bits per heavy atom. The fourth-order valence-corrected chi connectivity index (χ4v) is 4.94. The van der Waals surface area contributed by atoms with E-state index in [1.807, 2.05) is 36.5 Å². The molecule has 4 nitrogen and oxygen atoms in total. The number of rotatable bonds is 8. The molecule has 3 atom stereocenters. The van der Waals surface area contributed by atoms with Crippen LogP contribution < -0.4 is 10.2 Å². The van der Waals surface area contributed by atoms with Crippen molar-refractivity contribution in [2.75, 3.05) is 19.6 Å². The molecule has 0 radical (unpaired) electrons. The molecular formula is C26H33FN3O+. The molecule has 164 valence electrons. The Morgan fingerprint density at radius 2 is 2.10 bits per heavy atom. The molecule has 0 bridgehead atoms. The Kier molecular flexibility index (Phi) is 7.03. The van der Waals surface area contributed by atoms with E-state index in [4.69, 9.17) is 0 Å². The van der Waals surface area contributed by atoms with Crippen LogP contribution in [-0.4, -0.2) is 36.6 Å². The molecule has 5 heteroatoms. The SMILES string of the molecule is C[C@H]1CCCC[NH+]1CCCNC(=O)C[C@@H](c1cccc(F)c1)c1c[nH]c2ccccc12. The van der Waals surface area contributed by atoms with Crippen molar-refractivity contribution in [3.05, 3.63) is 71.7 Å². The van der Waals surface area contributed by atoms with Crippen molar-refractivity contribution in [3.8, 4) is 0 Å². The van der Waals surface area contributed by atoms with E-state index in [1.165, 1.54) is 31.9 Å². The highest BCUT2D eigenvalue weighted by Gasteiger charge is 2.23. The number of quaternary nitrogens is 1. The predicted molar refractivity (Wildman–Crippen MR) is 123 cm³/mol. The van der Waals surface area contributed by atoms with Gasteiger partial charge in [0.05, 0.1) is 19.1 Å². The third-order valence-electron chi connectivity index (χ3n) is 6.72. The second kappa shape index (κ2) is 10.1. The van der Waals surface area contributed by atoms with Gasteiger partial charge in [-0.15, -0.1) is 0 Å². The normalized spacial score (nSPS) is 19.9. The van der Waals surface area contributed by atoms with E-state index in [0.717, 1.165) is 41.0 Å². The largest absolute Gasteiger partial charge is 0.361 e. The zero-order chi connectivity index (χ0) is 21.6. The summed E-state index contributed by atoms with van der Waals surface area (Å²) in [7, 11) is 0. The Morgan fingerprint density at radius 1 is 1.23 bits per heavy atom. The number of hydrogen-bond donors (Lipinski definition) is 3. The van der Waals surface area contributed by atoms with Gasteiger partial charge in [0, 0.05) is 42.4 Å². The highest BCUT2D eigenvalue weighted by atomic mass is 19.1. The van der Waals surface area contributed by atoms with Crippen molar-refractivity contribution < 1.29 is 14.1 Å². The average molecular weight is 423 g/mol. The number of fused-ring (bicyclic) bond motifs is 1. The van der Waals surface area contributed by atoms with Crippen molar-refractivity contribution in [3.63, 3.8) is 0 Å². The number of para-hydroxylation sites is 1. The molecule has 1 aliphatic heterocycles. The van der Waals surface area contributed by atoms with E-state index in [0.29, 0.717) is 13.0 Å². The second-order valence-corrected chi connectivity index (χ2v) is 8.86. The maximum Gasteiger partial charge on any atom is 0.220 e. The fourth-order valence-electron chi connectivity index (χ4n) is 4.94. The Hall–Kier alpha value is -2.66. The average Bonchev–Trinajstić information content (AvgIpc) is 3.20. The van der Waals surface area contributed by atoms with Crippen molar-refractivity contribution >= 4 is 16.8 Å². The van der Waals surface area contributed by atoms with Crippen molar-refractivity contribution in [2.24, 2.45) is 0 Å². The molecule has 31 heavy (non-hydrogen) atoms. The number of aromatic nitrogens is 1. The molecule has 2 aromatic carbocycles. The lowest BCUT2D eigenvalue weighted by Gasteiger charge is -2.30. The van der Waals surface area contributed by atoms with Crippen molar-refractivity contribution in [1.29, 1.82) is 0 Å². The number of aromatic amines is 1. The van der Waals surface area contributed by atoms with Crippen LogP contribution in [-0.2, 0) is 4.79 Å². The van der Waals surface area contributed by atoms with Gasteiger partial charge in [-0.3, -0.25) is 4.79 Å². The van der Waals surface area contributed by atoms with Crippen LogP contribution in [0.2, 0.25) is 0 Å². The molecule has 1 unspecified atom stereocenters. The lowest BCUT2D eigenvalue weighted by Crippen LogP contribution is -3.16. The zero-order valence-electron chi connectivity index (χ0n) is 18.3. The van der Waals surface area contributed by atoms with Gasteiger partial charge < -0.3 is 15.2 Å². The summed E-state index contributed by atoms with van der Waals surface area (Å²) < 4.78 is 14.0. The maximum atomic E-state index is 14.0. The van der Waals surface area contributed by atoms with Crippen LogP contribution in [0.25, 0.3) is 10.9 Å². The zero-order valence-corrected chi connectivity index (χ0v) is 18.3. The third-order valence-corrected chi connectivity index (χ3v) is 6.72. The van der Waals surface area contributed by atoms with Crippen LogP contribution in [0.1, 0.15) is 56.1 Å². The molecule has 0 spiro atoms. The number of halogens is 1. The van der Waals surface area contributed by atoms with E-state index in [1.54, 1.807) is 17.0 Å². The minimum absolute atomic E-state index is 0.0150. The predicted octanol–water partition coefficient (Wildman–Crippen LogP) is 3.79. The van der Waals surface area contributed by atoms with Crippen LogP contribution in [0, 0.1) is 5.82 Å². The number of carbonyl (C=O) groups is 1. The Balaban J connectivity index is 1.42. The van der Waals surface area contributed by atoms with Gasteiger partial charge in [0.2, 0.25) is 5.91 Å². The number of likely N-dealkylation sites (tertiary alicyclic amines) is 1. The molecular weight excluding hydrogens is 389 g/mol. The topological polar surface area (TPSA) is 49.3 Å². The van der Waals surface area contributed by atoms with Gasteiger partial charge >= 0.3 is 0 Å². The summed E-state index contributed by atoms with van der Waals surface area (Å²) in [4.78, 5) is 17.8. The number of hydrogen-bond acceptors (Lipinski definition) is 1. The fraction of sp³-hybridized carbons (Fsp3) is 0.423. The molecule has 3 aromatic rings. The first kappa shape index (κ1) is 21.6. The summed E-state index contributed by atoms with van der Waals surface area (Å²) in [5.74, 6) is -0.456. The first-order chi connectivity index (χ1) is 15.1. The van der Waals surface area contributed by atoms with E-state index >= 15 is 0 Å². The number of nitrogens with one attached hydrogen (secondary N) is 3. The van der Waals surface area contributed by atoms with Crippen LogP contribution >= 0.6 is 0 Å². The maximum absolute atomic E-state index is 14.0. The quantitative estimate of drug-likeness (QED) is 0.475. The lowest BCUT2D eigenvalue weighted by molar-refractivity contribution is -0.928. The lowest BCUT2D eigenvalue weighted by atomic mass is 9.88. The van der Waals surface area contributed by atoms with Gasteiger partial charge in [0.1, 0.15) is 5.82 Å². The minimum atomic E-state index is -0.277. The highest BCUT2D eigenvalue weighted by Crippen LogP contribution is 2.33. The number of benzene rings is 2. The minimum Gasteiger partial charge on any atom is -0.361 e. The molecule has 0 saturated carbocycles. The van der Waals surface area contributed by atoms with Crippen molar-refractivity contribution in [2.45, 2.75) is 51.0 Å². The molecule has 3 N–H and O–H groups in total. The first-order valence-electron chi connectivity index (χ1n) is 11.5. The standard InChI is InChI=1S/C26H32FN3O/c1-19-8-4-5-14-30(19)15-7-13-28-26(31)17-23(20-9-6-10-21(27)16-20)24-18-29-25-12-3-2-11-22(24)25/h2-3,6,9-12,16,18-19,23,29H,4-5,7-8,13-15,17H2,1H3,(H,28,31)/p+1/t19-,23-/m0/s1. The molecule has 2 heterocycles. The van der Waals surface area contributed by atoms with E-state index in [9.17, 15) is 9.18 Å². The van der Waals surface area contributed by atoms with Gasteiger partial charge in [0.15, 0.2) is 0 Å². The highest BCUT2D eigenvalue weighted by molar-refractivity contribution is 5.86. The summed E-state index contributed by atoms with van der Waals surface area (Å²) in [6, 6.07) is 15.4. The van der Waals surface area contributed by atoms with Crippen LogP contribution in [0.5, 0.6) is 0 Å². The number of carbonyl (C=O) groups excluding carboxylic acids is 1. The van der Waals surface area contributed by atoms with Crippen molar-refractivity contribution in [1.82, 2.24) is 10.3 Å². The molecule has 1 saturated heterocycles. The number of H-pyrrole nitrogens is 1. The van der Waals surface area contributed by atoms with Crippen LogP contribution in [0.15, 0.2) is 54.7 Å². The van der Waals surface area contributed by atoms with Gasteiger partial charge in [0.25, 0.3) is 0 Å². The molecule has 1 fully saturated rings. The van der Waals surface area contributed by atoms with Crippen LogP contribution in [0.4, 0.5) is 4.39 Å². The van der Waals surface area contributed by atoms with E-state index < -0.39 is 0 Å². The number of piperidine rings is 1. The van der Waals surface area contributed by atoms with Crippen LogP contribution in [0.3, 0.4) is 0 Å². The molecule has 1 aliphatic rings. The third kappa shape index (κ3) is 5.34. The molecule has 0 aliphatic carbocycles. The smallest absolute Gasteiger partial charge is 0.220 e. The van der Waals surface area contributed by atoms with Gasteiger partial charge in [-0.05, 0) is 55.5 Å². The van der Waals surface area contributed by atoms with Gasteiger partial charge in [-0.1, -0.05) is 30.3 Å². The Labute approximate surface area is 183 Å². The number of amides is 1. The first-order valence-corrected chi connectivity index (χ1v) is 11.5. The van der Waals surface area contributed by atoms with E-state index in [2.05, 4.69) is 17.2 Å². The summed E-state index contributed by atoms with van der Waals surface area (Å²) in [6.07, 6.45) is 7.21. The summed E-state index contributed by atoms with van der Waals surface area (Å²) >= 11 is 0. The molecule has 1 aromatic heterocycles. The monoisotopic (exact) mass is 422 g/mol. The summed E-state index contributed by atoms with van der Waals surface area (Å²) in [6.45, 7) is 5.38. The molecule has 4 rings (SSSR count).